The van der Waals surface area contributed by atoms with E-state index >= 15 is 0 Å². The molecule has 374 valence electrons. The lowest BCUT2D eigenvalue weighted by atomic mass is 10.1. The Labute approximate surface area is 381 Å². The fourth-order valence-electron chi connectivity index (χ4n) is 6.41. The molecule has 0 amide bonds. The number of carboxylic acid groups (broad SMARTS) is 4. The first-order valence-corrected chi connectivity index (χ1v) is 25.7. The van der Waals surface area contributed by atoms with Gasteiger partial charge in [-0.25, -0.2) is 0 Å². The van der Waals surface area contributed by atoms with Crippen molar-refractivity contribution in [3.63, 3.8) is 0 Å². The molecule has 0 fully saturated rings. The molecule has 0 aromatic rings. The van der Waals surface area contributed by atoms with Gasteiger partial charge in [-0.15, -0.1) is 0 Å². The van der Waals surface area contributed by atoms with Crippen LogP contribution in [0.1, 0.15) is 285 Å². The monoisotopic (exact) mass is 893 g/mol. The number of carboxylic acids is 4. The predicted octanol–water partition coefficient (Wildman–Crippen LogP) is 14.3. The Balaban J connectivity index is -0.000000223. The normalized spacial score (nSPS) is 10.3. The van der Waals surface area contributed by atoms with Crippen LogP contribution in [-0.2, 0) is 19.2 Å². The van der Waals surface area contributed by atoms with E-state index in [0.29, 0.717) is 25.7 Å². The van der Waals surface area contributed by atoms with Gasteiger partial charge in [-0.3, -0.25) is 19.2 Å². The van der Waals surface area contributed by atoms with Gasteiger partial charge < -0.3 is 35.7 Å². The Kier molecular flexibility index (Phi) is 72.6. The molecule has 0 aromatic heterocycles. The molecule has 0 atom stereocenters. The van der Waals surface area contributed by atoms with E-state index in [0.717, 1.165) is 51.4 Å². The van der Waals surface area contributed by atoms with Crippen molar-refractivity contribution in [3.8, 4) is 0 Å². The molecular formula is C51H104O11. The highest BCUT2D eigenvalue weighted by molar-refractivity contribution is 5.67. The Bertz CT molecular complexity index is 737. The van der Waals surface area contributed by atoms with Gasteiger partial charge in [0, 0.05) is 25.7 Å². The van der Waals surface area contributed by atoms with Crippen LogP contribution in [0.2, 0.25) is 0 Å². The number of carbonyl (C=O) groups is 4. The third-order valence-electron chi connectivity index (χ3n) is 10.4. The van der Waals surface area contributed by atoms with Crippen molar-refractivity contribution in [3.05, 3.63) is 0 Å². The van der Waals surface area contributed by atoms with Crippen LogP contribution in [0.25, 0.3) is 0 Å². The lowest BCUT2D eigenvalue weighted by Gasteiger charge is -2.00. The van der Waals surface area contributed by atoms with E-state index in [9.17, 15) is 19.2 Å². The summed E-state index contributed by atoms with van der Waals surface area (Å²) in [5.74, 6) is -2.64. The van der Waals surface area contributed by atoms with Gasteiger partial charge in [0.2, 0.25) is 0 Å². The van der Waals surface area contributed by atoms with Gasteiger partial charge in [-0.05, 0) is 25.7 Å². The topological polar surface area (TPSA) is 210 Å². The molecule has 0 unspecified atom stereocenters. The van der Waals surface area contributed by atoms with Crippen LogP contribution in [0.4, 0.5) is 0 Å². The van der Waals surface area contributed by atoms with Crippen molar-refractivity contribution in [1.29, 1.82) is 0 Å². The van der Waals surface area contributed by atoms with Crippen LogP contribution < -0.4 is 0 Å². The van der Waals surface area contributed by atoms with Crippen LogP contribution in [0.3, 0.4) is 0 Å². The summed E-state index contributed by atoms with van der Waals surface area (Å²) in [6, 6.07) is 0. The highest BCUT2D eigenvalue weighted by Crippen LogP contribution is 2.13. The van der Waals surface area contributed by atoms with Crippen molar-refractivity contribution in [2.24, 2.45) is 0 Å². The molecule has 62 heavy (non-hydrogen) atoms. The van der Waals surface area contributed by atoms with Crippen molar-refractivity contribution in [2.75, 3.05) is 13.2 Å². The van der Waals surface area contributed by atoms with Gasteiger partial charge in [0.05, 0.1) is 13.2 Å². The first kappa shape index (κ1) is 68.8. The molecule has 0 radical (unpaired) electrons. The molecule has 0 rings (SSSR count). The summed E-state index contributed by atoms with van der Waals surface area (Å²) in [6.45, 7) is 8.18. The Morgan fingerprint density at radius 2 is 0.403 bits per heavy atom. The first-order chi connectivity index (χ1) is 29.9. The summed E-state index contributed by atoms with van der Waals surface area (Å²) in [5.41, 5.74) is 0. The first-order valence-electron chi connectivity index (χ1n) is 25.7. The Morgan fingerprint density at radius 3 is 0.500 bits per heavy atom. The molecule has 0 aliphatic carbocycles. The molecule has 11 heteroatoms. The smallest absolute Gasteiger partial charge is 0.303 e. The van der Waals surface area contributed by atoms with Gasteiger partial charge in [0.25, 0.3) is 0 Å². The van der Waals surface area contributed by atoms with Crippen LogP contribution in [0, 0.1) is 0 Å². The quantitative estimate of drug-likeness (QED) is 0.0287. The minimum Gasteiger partial charge on any atom is -0.481 e. The average molecular weight is 893 g/mol. The zero-order valence-electron chi connectivity index (χ0n) is 41.0. The summed E-state index contributed by atoms with van der Waals surface area (Å²) in [4.78, 5) is 40.8. The minimum atomic E-state index is -0.954. The van der Waals surface area contributed by atoms with Crippen LogP contribution in [-0.4, -0.2) is 78.9 Å². The van der Waals surface area contributed by atoms with Crippen LogP contribution in [0.15, 0.2) is 0 Å². The second-order valence-corrected chi connectivity index (χ2v) is 16.9. The van der Waals surface area contributed by atoms with Crippen molar-refractivity contribution in [1.82, 2.24) is 0 Å². The SMILES string of the molecule is CCCCCCCCCCCC(=O)O.CCCCCCCCCCCC(=O)O.CCCCCCCCCCCC(=O)O.CCCCCCCCCCCC(=O)O.OCC(O)CO. The second-order valence-electron chi connectivity index (χ2n) is 16.9. The van der Waals surface area contributed by atoms with E-state index in [1.807, 2.05) is 0 Å². The molecule has 0 aliphatic rings. The summed E-state index contributed by atoms with van der Waals surface area (Å²) in [6.07, 6.45) is 45.0. The summed E-state index contributed by atoms with van der Waals surface area (Å²) < 4.78 is 0. The fraction of sp³-hybridized carbons (Fsp3) is 0.922. The Morgan fingerprint density at radius 1 is 0.274 bits per heavy atom. The van der Waals surface area contributed by atoms with E-state index in [1.54, 1.807) is 0 Å². The van der Waals surface area contributed by atoms with E-state index in [2.05, 4.69) is 27.7 Å². The molecule has 7 N–H and O–H groups in total. The zero-order chi connectivity index (χ0) is 47.6. The molecular weight excluding hydrogens is 789 g/mol. The Hall–Kier alpha value is -2.24. The molecule has 0 aliphatic heterocycles. The average Bonchev–Trinajstić information content (AvgIpc) is 3.24. The second kappa shape index (κ2) is 65.4. The number of aliphatic carboxylic acids is 4. The lowest BCUT2D eigenvalue weighted by Crippen LogP contribution is -2.15. The molecule has 0 bridgehead atoms. The predicted molar refractivity (Wildman–Crippen MR) is 258 cm³/mol. The van der Waals surface area contributed by atoms with E-state index in [-0.39, 0.29) is 13.2 Å². The van der Waals surface area contributed by atoms with Crippen molar-refractivity contribution in [2.45, 2.75) is 291 Å². The third kappa shape index (κ3) is 88.9. The van der Waals surface area contributed by atoms with Gasteiger partial charge in [0.15, 0.2) is 0 Å². The number of aliphatic hydroxyl groups excluding tert-OH is 3. The van der Waals surface area contributed by atoms with Crippen LogP contribution in [0.5, 0.6) is 0 Å². The summed E-state index contributed by atoms with van der Waals surface area (Å²) in [5, 5.41) is 57.7. The van der Waals surface area contributed by atoms with E-state index < -0.39 is 30.0 Å². The van der Waals surface area contributed by atoms with Gasteiger partial charge >= 0.3 is 23.9 Å². The van der Waals surface area contributed by atoms with Crippen molar-refractivity contribution >= 4 is 23.9 Å². The molecule has 0 saturated carbocycles. The number of rotatable bonds is 42. The van der Waals surface area contributed by atoms with E-state index in [1.165, 1.54) is 180 Å². The maximum atomic E-state index is 10.2. The largest absolute Gasteiger partial charge is 0.481 e. The van der Waals surface area contributed by atoms with Gasteiger partial charge in [-0.1, -0.05) is 233 Å². The van der Waals surface area contributed by atoms with Crippen LogP contribution >= 0.6 is 0 Å². The van der Waals surface area contributed by atoms with Crippen molar-refractivity contribution < 1.29 is 54.9 Å². The summed E-state index contributed by atoms with van der Waals surface area (Å²) >= 11 is 0. The summed E-state index contributed by atoms with van der Waals surface area (Å²) in [7, 11) is 0. The lowest BCUT2D eigenvalue weighted by molar-refractivity contribution is -0.138. The maximum absolute atomic E-state index is 10.2. The third-order valence-corrected chi connectivity index (χ3v) is 10.4. The highest BCUT2D eigenvalue weighted by atomic mass is 16.4. The molecule has 0 heterocycles. The fourth-order valence-corrected chi connectivity index (χ4v) is 6.41. The number of hydrogen-bond donors (Lipinski definition) is 7. The highest BCUT2D eigenvalue weighted by Gasteiger charge is 2.00. The minimum absolute atomic E-state index is 0.343. The molecule has 0 saturated heterocycles. The molecule has 0 aromatic carbocycles. The number of hydrogen-bond acceptors (Lipinski definition) is 7. The van der Waals surface area contributed by atoms with E-state index in [4.69, 9.17) is 35.7 Å². The standard InChI is InChI=1S/4C12H24O2.C3H8O3/c4*1-2-3-4-5-6-7-8-9-10-11-12(13)14;4-1-3(6)2-5/h4*2-11H2,1H3,(H,13,14);3-6H,1-2H2. The number of unbranched alkanes of at least 4 members (excludes halogenated alkanes) is 32. The molecule has 0 spiro atoms. The van der Waals surface area contributed by atoms with Gasteiger partial charge in [-0.2, -0.15) is 0 Å². The number of aliphatic hydroxyl groups is 3. The maximum Gasteiger partial charge on any atom is 0.303 e. The molecule has 11 nitrogen and oxygen atoms in total. The zero-order valence-corrected chi connectivity index (χ0v) is 41.0. The van der Waals surface area contributed by atoms with Gasteiger partial charge in [0.1, 0.15) is 6.10 Å².